The van der Waals surface area contributed by atoms with Crippen molar-refractivity contribution >= 4 is 15.8 Å². The fraction of sp³-hybridized carbons (Fsp3) is 0.625. The second kappa shape index (κ2) is 4.63. The van der Waals surface area contributed by atoms with E-state index in [1.54, 1.807) is 0 Å². The van der Waals surface area contributed by atoms with E-state index in [-0.39, 0.29) is 16.8 Å². The van der Waals surface area contributed by atoms with E-state index >= 15 is 0 Å². The Bertz CT molecular complexity index is 412. The molecule has 7 heteroatoms. The quantitative estimate of drug-likeness (QED) is 0.686. The number of aromatic nitrogens is 2. The van der Waals surface area contributed by atoms with Gasteiger partial charge in [-0.1, -0.05) is 13.3 Å². The molecule has 86 valence electrons. The number of hydrogen-bond acceptors (Lipinski definition) is 4. The van der Waals surface area contributed by atoms with Crippen LogP contribution in [-0.4, -0.2) is 24.7 Å². The van der Waals surface area contributed by atoms with Crippen LogP contribution in [0.15, 0.2) is 11.1 Å². The minimum atomic E-state index is -3.54. The zero-order valence-electron chi connectivity index (χ0n) is 8.82. The van der Waals surface area contributed by atoms with E-state index in [1.165, 1.54) is 6.20 Å². The molecular weight excluding hydrogens is 216 g/mol. The van der Waals surface area contributed by atoms with Gasteiger partial charge in [0.25, 0.3) is 0 Å². The Balaban J connectivity index is 2.81. The van der Waals surface area contributed by atoms with Crippen LogP contribution in [0.5, 0.6) is 0 Å². The van der Waals surface area contributed by atoms with Crippen LogP contribution in [0.2, 0.25) is 0 Å². The second-order valence-corrected chi connectivity index (χ2v) is 5.14. The number of anilines is 1. The van der Waals surface area contributed by atoms with E-state index < -0.39 is 10.0 Å². The topological polar surface area (TPSA) is 101 Å². The van der Waals surface area contributed by atoms with Gasteiger partial charge in [-0.25, -0.2) is 13.1 Å². The van der Waals surface area contributed by atoms with E-state index in [0.717, 1.165) is 12.8 Å². The van der Waals surface area contributed by atoms with Crippen molar-refractivity contribution in [2.45, 2.75) is 37.6 Å². The Morgan fingerprint density at radius 3 is 2.80 bits per heavy atom. The lowest BCUT2D eigenvalue weighted by atomic mass is 10.2. The smallest absolute Gasteiger partial charge is 0.246 e. The van der Waals surface area contributed by atoms with Crippen molar-refractivity contribution in [1.29, 1.82) is 0 Å². The summed E-state index contributed by atoms with van der Waals surface area (Å²) in [6.07, 6.45) is 2.91. The first-order chi connectivity index (χ1) is 6.97. The highest BCUT2D eigenvalue weighted by Gasteiger charge is 2.20. The maximum Gasteiger partial charge on any atom is 0.246 e. The molecule has 1 unspecified atom stereocenters. The molecule has 4 N–H and O–H groups in total. The van der Waals surface area contributed by atoms with Gasteiger partial charge < -0.3 is 5.73 Å². The van der Waals surface area contributed by atoms with Gasteiger partial charge in [0, 0.05) is 6.04 Å². The van der Waals surface area contributed by atoms with Crippen LogP contribution < -0.4 is 10.5 Å². The van der Waals surface area contributed by atoms with Crippen LogP contribution in [0.25, 0.3) is 0 Å². The van der Waals surface area contributed by atoms with Crippen molar-refractivity contribution < 1.29 is 8.42 Å². The number of nitrogens with one attached hydrogen (secondary N) is 2. The summed E-state index contributed by atoms with van der Waals surface area (Å²) in [6, 6.07) is -0.103. The fourth-order valence-corrected chi connectivity index (χ4v) is 2.62. The van der Waals surface area contributed by atoms with Crippen molar-refractivity contribution in [2.75, 3.05) is 5.73 Å². The van der Waals surface area contributed by atoms with Gasteiger partial charge in [-0.15, -0.1) is 0 Å². The van der Waals surface area contributed by atoms with E-state index in [1.807, 2.05) is 13.8 Å². The summed E-state index contributed by atoms with van der Waals surface area (Å²) >= 11 is 0. The summed E-state index contributed by atoms with van der Waals surface area (Å²) < 4.78 is 26.0. The predicted octanol–water partition coefficient (Wildman–Crippen LogP) is 0.459. The summed E-state index contributed by atoms with van der Waals surface area (Å²) in [7, 11) is -3.54. The van der Waals surface area contributed by atoms with Gasteiger partial charge in [-0.05, 0) is 13.3 Å². The molecule has 1 heterocycles. The first kappa shape index (κ1) is 12.0. The third-order valence-electron chi connectivity index (χ3n) is 2.00. The van der Waals surface area contributed by atoms with Gasteiger partial charge in [-0.2, -0.15) is 5.10 Å². The molecule has 1 atom stereocenters. The molecule has 0 aliphatic rings. The fourth-order valence-electron chi connectivity index (χ4n) is 1.32. The molecule has 0 fully saturated rings. The molecule has 1 aromatic rings. The molecule has 0 bridgehead atoms. The first-order valence-corrected chi connectivity index (χ1v) is 6.27. The number of H-pyrrole nitrogens is 1. The second-order valence-electron chi connectivity index (χ2n) is 3.46. The first-order valence-electron chi connectivity index (χ1n) is 4.78. The van der Waals surface area contributed by atoms with Crippen LogP contribution in [0.3, 0.4) is 0 Å². The van der Waals surface area contributed by atoms with Crippen molar-refractivity contribution in [3.05, 3.63) is 6.20 Å². The number of nitrogens with zero attached hydrogens (tertiary/aromatic N) is 1. The zero-order valence-corrected chi connectivity index (χ0v) is 9.63. The number of nitrogens with two attached hydrogens (primary N) is 1. The van der Waals surface area contributed by atoms with Gasteiger partial charge in [0.2, 0.25) is 10.0 Å². The minimum absolute atomic E-state index is 0.00505. The maximum atomic E-state index is 11.7. The molecular formula is C8H16N4O2S. The highest BCUT2D eigenvalue weighted by molar-refractivity contribution is 7.89. The monoisotopic (exact) mass is 232 g/mol. The summed E-state index contributed by atoms with van der Waals surface area (Å²) in [5, 5.41) is 5.96. The number of rotatable bonds is 5. The largest absolute Gasteiger partial charge is 0.383 e. The number of nitrogen functional groups attached to an aromatic ring is 1. The molecule has 15 heavy (non-hydrogen) atoms. The van der Waals surface area contributed by atoms with Crippen molar-refractivity contribution in [3.63, 3.8) is 0 Å². The lowest BCUT2D eigenvalue weighted by Crippen LogP contribution is -2.32. The average Bonchev–Trinajstić information content (AvgIpc) is 2.51. The molecule has 0 radical (unpaired) electrons. The summed E-state index contributed by atoms with van der Waals surface area (Å²) in [5.41, 5.74) is 5.44. The third kappa shape index (κ3) is 2.93. The molecule has 0 aliphatic carbocycles. The summed E-state index contributed by atoms with van der Waals surface area (Å²) in [5.74, 6) is 0.0613. The Hall–Kier alpha value is -1.08. The number of aromatic amines is 1. The molecule has 0 aromatic carbocycles. The Kier molecular flexibility index (Phi) is 3.70. The van der Waals surface area contributed by atoms with E-state index in [4.69, 9.17) is 5.73 Å². The maximum absolute atomic E-state index is 11.7. The van der Waals surface area contributed by atoms with Gasteiger partial charge >= 0.3 is 0 Å². The highest BCUT2D eigenvalue weighted by Crippen LogP contribution is 2.14. The van der Waals surface area contributed by atoms with Crippen molar-refractivity contribution in [2.24, 2.45) is 0 Å². The third-order valence-corrected chi connectivity index (χ3v) is 3.62. The van der Waals surface area contributed by atoms with E-state index in [2.05, 4.69) is 14.9 Å². The SMILES string of the molecule is CCCC(C)NS(=O)(=O)c1cn[nH]c1N. The molecule has 0 spiro atoms. The van der Waals surface area contributed by atoms with Crippen LogP contribution in [0.4, 0.5) is 5.82 Å². The average molecular weight is 232 g/mol. The Labute approximate surface area is 89.3 Å². The molecule has 0 amide bonds. The lowest BCUT2D eigenvalue weighted by Gasteiger charge is -2.12. The molecule has 1 aromatic heterocycles. The number of hydrogen-bond donors (Lipinski definition) is 3. The standard InChI is InChI=1S/C8H16N4O2S/c1-3-4-6(2)12-15(13,14)7-5-10-11-8(7)9/h5-6,12H,3-4H2,1-2H3,(H3,9,10,11). The lowest BCUT2D eigenvalue weighted by molar-refractivity contribution is 0.544. The number of sulfonamides is 1. The zero-order chi connectivity index (χ0) is 11.5. The van der Waals surface area contributed by atoms with Crippen LogP contribution in [0.1, 0.15) is 26.7 Å². The van der Waals surface area contributed by atoms with E-state index in [9.17, 15) is 8.42 Å². The van der Waals surface area contributed by atoms with Gasteiger partial charge in [0.15, 0.2) is 0 Å². The normalized spacial score (nSPS) is 14.0. The van der Waals surface area contributed by atoms with Crippen LogP contribution >= 0.6 is 0 Å². The molecule has 1 rings (SSSR count). The van der Waals surface area contributed by atoms with E-state index in [0.29, 0.717) is 0 Å². The van der Waals surface area contributed by atoms with Gasteiger partial charge in [0.1, 0.15) is 10.7 Å². The predicted molar refractivity (Wildman–Crippen MR) is 57.7 cm³/mol. The van der Waals surface area contributed by atoms with Crippen LogP contribution in [-0.2, 0) is 10.0 Å². The van der Waals surface area contributed by atoms with Gasteiger partial charge in [-0.3, -0.25) is 5.10 Å². The molecule has 0 saturated heterocycles. The molecule has 0 saturated carbocycles. The Morgan fingerprint density at radius 1 is 1.67 bits per heavy atom. The summed E-state index contributed by atoms with van der Waals surface area (Å²) in [6.45, 7) is 3.81. The summed E-state index contributed by atoms with van der Waals surface area (Å²) in [4.78, 5) is 0.00505. The highest BCUT2D eigenvalue weighted by atomic mass is 32.2. The van der Waals surface area contributed by atoms with Crippen LogP contribution in [0, 0.1) is 0 Å². The molecule has 0 aliphatic heterocycles. The minimum Gasteiger partial charge on any atom is -0.383 e. The Morgan fingerprint density at radius 2 is 2.33 bits per heavy atom. The van der Waals surface area contributed by atoms with Crippen molar-refractivity contribution in [3.8, 4) is 0 Å². The van der Waals surface area contributed by atoms with Gasteiger partial charge in [0.05, 0.1) is 6.20 Å². The molecule has 6 nitrogen and oxygen atoms in total. The van der Waals surface area contributed by atoms with Crippen molar-refractivity contribution in [1.82, 2.24) is 14.9 Å².